The molecule has 19 heavy (non-hydrogen) atoms. The molecule has 0 aromatic heterocycles. The largest absolute Gasteiger partial charge is 0.481 e. The van der Waals surface area contributed by atoms with E-state index in [1.54, 1.807) is 6.92 Å². The zero-order valence-electron chi connectivity index (χ0n) is 12.0. The van der Waals surface area contributed by atoms with Crippen molar-refractivity contribution in [2.24, 2.45) is 0 Å². The van der Waals surface area contributed by atoms with E-state index in [4.69, 9.17) is 4.74 Å². The molecule has 0 aliphatic carbocycles. The van der Waals surface area contributed by atoms with E-state index in [9.17, 15) is 4.79 Å². The lowest BCUT2D eigenvalue weighted by atomic mass is 10.2. The van der Waals surface area contributed by atoms with Crippen LogP contribution >= 0.6 is 0 Å². The normalized spacial score (nSPS) is 11.7. The van der Waals surface area contributed by atoms with Gasteiger partial charge in [0, 0.05) is 19.3 Å². The first kappa shape index (κ1) is 15.3. The van der Waals surface area contributed by atoms with Crippen molar-refractivity contribution in [1.82, 2.24) is 5.32 Å². The van der Waals surface area contributed by atoms with Crippen LogP contribution in [0.1, 0.15) is 33.1 Å². The average Bonchev–Trinajstić information content (AvgIpc) is 2.44. The lowest BCUT2D eigenvalue weighted by Gasteiger charge is -2.15. The van der Waals surface area contributed by atoms with Gasteiger partial charge in [-0.05, 0) is 37.6 Å². The van der Waals surface area contributed by atoms with Crippen LogP contribution in [0.3, 0.4) is 0 Å². The minimum Gasteiger partial charge on any atom is -0.481 e. The molecule has 0 aliphatic rings. The van der Waals surface area contributed by atoms with Crippen LogP contribution in [0.25, 0.3) is 0 Å². The van der Waals surface area contributed by atoms with E-state index >= 15 is 0 Å². The van der Waals surface area contributed by atoms with Gasteiger partial charge in [0.05, 0.1) is 0 Å². The summed E-state index contributed by atoms with van der Waals surface area (Å²) in [6, 6.07) is 7.54. The molecule has 1 aromatic rings. The van der Waals surface area contributed by atoms with Crippen molar-refractivity contribution in [2.75, 3.05) is 18.9 Å². The maximum Gasteiger partial charge on any atom is 0.260 e. The molecule has 1 rings (SSSR count). The summed E-state index contributed by atoms with van der Waals surface area (Å²) in [7, 11) is 1.86. The fourth-order valence-corrected chi connectivity index (χ4v) is 1.69. The Morgan fingerprint density at radius 3 is 2.53 bits per heavy atom. The molecule has 1 unspecified atom stereocenters. The molecule has 0 aliphatic heterocycles. The third kappa shape index (κ3) is 5.64. The highest BCUT2D eigenvalue weighted by Gasteiger charge is 2.13. The molecule has 0 saturated heterocycles. The Labute approximate surface area is 115 Å². The number of anilines is 1. The second kappa shape index (κ2) is 8.40. The molecule has 1 amide bonds. The summed E-state index contributed by atoms with van der Waals surface area (Å²) in [4.78, 5) is 11.8. The van der Waals surface area contributed by atoms with Crippen LogP contribution < -0.4 is 15.4 Å². The number of unbranched alkanes of at least 4 members (excludes halogenated alkanes) is 2. The zero-order valence-corrected chi connectivity index (χ0v) is 12.0. The third-order valence-corrected chi connectivity index (χ3v) is 2.90. The summed E-state index contributed by atoms with van der Waals surface area (Å²) >= 11 is 0. The third-order valence-electron chi connectivity index (χ3n) is 2.90. The Morgan fingerprint density at radius 1 is 1.26 bits per heavy atom. The minimum atomic E-state index is -0.470. The molecule has 4 nitrogen and oxygen atoms in total. The summed E-state index contributed by atoms with van der Waals surface area (Å²) < 4.78 is 5.59. The summed E-state index contributed by atoms with van der Waals surface area (Å²) in [5.41, 5.74) is 1.02. The van der Waals surface area contributed by atoms with Crippen LogP contribution in [0.5, 0.6) is 5.75 Å². The van der Waals surface area contributed by atoms with Gasteiger partial charge in [-0.15, -0.1) is 0 Å². The fourth-order valence-electron chi connectivity index (χ4n) is 1.69. The van der Waals surface area contributed by atoms with E-state index in [0.717, 1.165) is 31.5 Å². The molecule has 0 fully saturated rings. The number of hydrogen-bond acceptors (Lipinski definition) is 3. The van der Waals surface area contributed by atoms with Crippen LogP contribution in [-0.4, -0.2) is 25.6 Å². The highest BCUT2D eigenvalue weighted by molar-refractivity contribution is 5.80. The average molecular weight is 264 g/mol. The number of carbonyl (C=O) groups is 1. The highest BCUT2D eigenvalue weighted by Crippen LogP contribution is 2.16. The molecule has 0 bridgehead atoms. The maximum absolute atomic E-state index is 11.8. The second-order valence-electron chi connectivity index (χ2n) is 4.53. The van der Waals surface area contributed by atoms with Crippen molar-refractivity contribution in [1.29, 1.82) is 0 Å². The predicted octanol–water partition coefficient (Wildman–Crippen LogP) is 2.80. The number of carbonyl (C=O) groups excluding carboxylic acids is 1. The summed E-state index contributed by atoms with van der Waals surface area (Å²) in [6.45, 7) is 4.63. The quantitative estimate of drug-likeness (QED) is 0.710. The number of hydrogen-bond donors (Lipinski definition) is 2. The lowest BCUT2D eigenvalue weighted by Crippen LogP contribution is -2.36. The number of ether oxygens (including phenoxy) is 1. The van der Waals surface area contributed by atoms with Gasteiger partial charge in [-0.3, -0.25) is 4.79 Å². The topological polar surface area (TPSA) is 50.4 Å². The first-order chi connectivity index (χ1) is 9.17. The van der Waals surface area contributed by atoms with Crippen LogP contribution in [0, 0.1) is 0 Å². The fraction of sp³-hybridized carbons (Fsp3) is 0.533. The second-order valence-corrected chi connectivity index (χ2v) is 4.53. The van der Waals surface area contributed by atoms with Gasteiger partial charge in [0.15, 0.2) is 6.10 Å². The van der Waals surface area contributed by atoms with Gasteiger partial charge in [0.25, 0.3) is 5.91 Å². The zero-order chi connectivity index (χ0) is 14.1. The molecular weight excluding hydrogens is 240 g/mol. The van der Waals surface area contributed by atoms with Crippen molar-refractivity contribution in [3.8, 4) is 5.75 Å². The first-order valence-corrected chi connectivity index (χ1v) is 6.89. The van der Waals surface area contributed by atoms with Gasteiger partial charge in [-0.25, -0.2) is 0 Å². The van der Waals surface area contributed by atoms with Crippen LogP contribution in [-0.2, 0) is 4.79 Å². The number of amides is 1. The van der Waals surface area contributed by atoms with Gasteiger partial charge in [0.1, 0.15) is 5.75 Å². The van der Waals surface area contributed by atoms with E-state index in [1.807, 2.05) is 31.3 Å². The Kier molecular flexibility index (Phi) is 6.79. The van der Waals surface area contributed by atoms with Crippen molar-refractivity contribution in [3.63, 3.8) is 0 Å². The Morgan fingerprint density at radius 2 is 1.95 bits per heavy atom. The van der Waals surface area contributed by atoms with Crippen LogP contribution in [0.15, 0.2) is 24.3 Å². The lowest BCUT2D eigenvalue weighted by molar-refractivity contribution is -0.127. The molecule has 106 valence electrons. The molecule has 0 saturated carbocycles. The molecule has 0 spiro atoms. The molecular formula is C15H24N2O2. The van der Waals surface area contributed by atoms with E-state index in [-0.39, 0.29) is 5.91 Å². The highest BCUT2D eigenvalue weighted by atomic mass is 16.5. The van der Waals surface area contributed by atoms with E-state index in [0.29, 0.717) is 5.75 Å². The molecule has 1 atom stereocenters. The summed E-state index contributed by atoms with van der Waals surface area (Å²) in [5, 5.41) is 5.92. The molecule has 2 N–H and O–H groups in total. The van der Waals surface area contributed by atoms with Crippen molar-refractivity contribution in [3.05, 3.63) is 24.3 Å². The van der Waals surface area contributed by atoms with Crippen molar-refractivity contribution in [2.45, 2.75) is 39.2 Å². The van der Waals surface area contributed by atoms with Gasteiger partial charge in [-0.2, -0.15) is 0 Å². The first-order valence-electron chi connectivity index (χ1n) is 6.89. The van der Waals surface area contributed by atoms with Crippen molar-refractivity contribution < 1.29 is 9.53 Å². The van der Waals surface area contributed by atoms with Gasteiger partial charge >= 0.3 is 0 Å². The van der Waals surface area contributed by atoms with E-state index < -0.39 is 6.10 Å². The molecule has 4 heteroatoms. The molecule has 1 aromatic carbocycles. The van der Waals surface area contributed by atoms with Gasteiger partial charge in [-0.1, -0.05) is 19.8 Å². The smallest absolute Gasteiger partial charge is 0.260 e. The van der Waals surface area contributed by atoms with Gasteiger partial charge < -0.3 is 15.4 Å². The maximum atomic E-state index is 11.8. The van der Waals surface area contributed by atoms with Crippen molar-refractivity contribution >= 4 is 11.6 Å². The van der Waals surface area contributed by atoms with E-state index in [1.165, 1.54) is 0 Å². The van der Waals surface area contributed by atoms with E-state index in [2.05, 4.69) is 17.6 Å². The molecule has 0 radical (unpaired) electrons. The predicted molar refractivity (Wildman–Crippen MR) is 78.6 cm³/mol. The number of benzene rings is 1. The summed E-state index contributed by atoms with van der Waals surface area (Å²) in [5.74, 6) is 0.643. The number of nitrogens with one attached hydrogen (secondary N) is 2. The Balaban J connectivity index is 2.35. The van der Waals surface area contributed by atoms with Gasteiger partial charge in [0.2, 0.25) is 0 Å². The van der Waals surface area contributed by atoms with Crippen LogP contribution in [0.2, 0.25) is 0 Å². The Bertz CT molecular complexity index is 376. The molecule has 0 heterocycles. The monoisotopic (exact) mass is 264 g/mol. The van der Waals surface area contributed by atoms with Crippen LogP contribution in [0.4, 0.5) is 5.69 Å². The number of rotatable bonds is 8. The summed E-state index contributed by atoms with van der Waals surface area (Å²) in [6.07, 6.45) is 2.84. The standard InChI is InChI=1S/C15H24N2O2/c1-4-5-6-11-17-15(18)12(2)19-14-9-7-13(16-3)8-10-14/h7-10,12,16H,4-6,11H2,1-3H3,(H,17,18). The Hall–Kier alpha value is -1.71. The SMILES string of the molecule is CCCCCNC(=O)C(C)Oc1ccc(NC)cc1. The minimum absolute atomic E-state index is 0.0613.